The highest BCUT2D eigenvalue weighted by molar-refractivity contribution is 5.87. The van der Waals surface area contributed by atoms with Gasteiger partial charge in [-0.15, -0.1) is 0 Å². The molecule has 3 nitrogen and oxygen atoms in total. The van der Waals surface area contributed by atoms with Crippen LogP contribution in [0.15, 0.2) is 0 Å². The van der Waals surface area contributed by atoms with Crippen LogP contribution in [0.2, 0.25) is 0 Å². The van der Waals surface area contributed by atoms with Crippen molar-refractivity contribution in [2.45, 2.75) is 37.3 Å². The number of nitrogens with zero attached hydrogens (tertiary/aromatic N) is 1. The van der Waals surface area contributed by atoms with Crippen molar-refractivity contribution < 1.29 is 9.90 Å². The fourth-order valence-electron chi connectivity index (χ4n) is 4.96. The monoisotopic (exact) mass is 193 g/mol. The Kier molecular flexibility index (Phi) is 1.10. The minimum Gasteiger partial charge on any atom is -0.383 e. The molecule has 76 valence electrons. The summed E-state index contributed by atoms with van der Waals surface area (Å²) in [4.78, 5) is 13.8. The van der Waals surface area contributed by atoms with Gasteiger partial charge in [0.1, 0.15) is 6.10 Å². The fraction of sp³-hybridized carbons (Fsp3) is 0.909. The molecular formula is C11H15NO2. The van der Waals surface area contributed by atoms with E-state index in [4.69, 9.17) is 0 Å². The highest BCUT2D eigenvalue weighted by atomic mass is 16.3. The minimum absolute atomic E-state index is 0.0258. The molecule has 2 aliphatic heterocycles. The zero-order chi connectivity index (χ0) is 9.50. The standard InChI is InChI=1S/C11H15NO2/c13-9-8-4-3-6-1-2-7-5-12(10(9)14)11(6,7)8/h6-9,13H,1-5H2/t6-,7-,8+,9-,11?/m1/s1. The molecule has 0 aromatic carbocycles. The van der Waals surface area contributed by atoms with Gasteiger partial charge in [0, 0.05) is 18.4 Å². The molecule has 1 N–H and O–H groups in total. The lowest BCUT2D eigenvalue weighted by Crippen LogP contribution is -2.65. The maximum absolute atomic E-state index is 11.8. The molecule has 0 aromatic heterocycles. The molecule has 4 fully saturated rings. The zero-order valence-corrected chi connectivity index (χ0v) is 8.15. The highest BCUT2D eigenvalue weighted by Gasteiger charge is 2.74. The van der Waals surface area contributed by atoms with Crippen LogP contribution in [0.1, 0.15) is 25.7 Å². The first-order valence-electron chi connectivity index (χ1n) is 5.76. The van der Waals surface area contributed by atoms with E-state index in [9.17, 15) is 9.90 Å². The number of carbonyl (C=O) groups is 1. The van der Waals surface area contributed by atoms with E-state index in [2.05, 4.69) is 0 Å². The van der Waals surface area contributed by atoms with Crippen molar-refractivity contribution in [1.82, 2.24) is 4.90 Å². The van der Waals surface area contributed by atoms with Gasteiger partial charge in [-0.05, 0) is 31.6 Å². The second-order valence-corrected chi connectivity index (χ2v) is 5.44. The summed E-state index contributed by atoms with van der Waals surface area (Å²) < 4.78 is 0. The number of hydrogen-bond acceptors (Lipinski definition) is 2. The summed E-state index contributed by atoms with van der Waals surface area (Å²) in [5, 5.41) is 9.92. The molecule has 2 saturated heterocycles. The first-order chi connectivity index (χ1) is 6.76. The van der Waals surface area contributed by atoms with E-state index >= 15 is 0 Å². The molecule has 1 unspecified atom stereocenters. The molecular weight excluding hydrogens is 178 g/mol. The van der Waals surface area contributed by atoms with Crippen molar-refractivity contribution in [3.8, 4) is 0 Å². The summed E-state index contributed by atoms with van der Waals surface area (Å²) in [5.74, 6) is 1.74. The van der Waals surface area contributed by atoms with E-state index in [1.807, 2.05) is 4.90 Å². The summed E-state index contributed by atoms with van der Waals surface area (Å²) in [6.45, 7) is 0.933. The smallest absolute Gasteiger partial charge is 0.252 e. The first kappa shape index (κ1) is 7.69. The number of rotatable bonds is 0. The molecule has 0 radical (unpaired) electrons. The molecule has 1 spiro atoms. The van der Waals surface area contributed by atoms with Crippen LogP contribution in [0, 0.1) is 17.8 Å². The van der Waals surface area contributed by atoms with Gasteiger partial charge in [-0.25, -0.2) is 0 Å². The maximum Gasteiger partial charge on any atom is 0.252 e. The van der Waals surface area contributed by atoms with Crippen molar-refractivity contribution in [2.24, 2.45) is 17.8 Å². The second-order valence-electron chi connectivity index (χ2n) is 5.44. The Morgan fingerprint density at radius 1 is 1.21 bits per heavy atom. The van der Waals surface area contributed by atoms with Gasteiger partial charge in [0.25, 0.3) is 5.91 Å². The van der Waals surface area contributed by atoms with E-state index in [1.165, 1.54) is 19.3 Å². The van der Waals surface area contributed by atoms with Gasteiger partial charge in [0.05, 0.1) is 5.54 Å². The van der Waals surface area contributed by atoms with Crippen LogP contribution in [-0.2, 0) is 4.79 Å². The molecule has 1 amide bonds. The molecule has 0 bridgehead atoms. The van der Waals surface area contributed by atoms with E-state index < -0.39 is 6.10 Å². The molecule has 2 saturated carbocycles. The summed E-state index contributed by atoms with van der Waals surface area (Å²) in [5.41, 5.74) is 0.149. The Balaban J connectivity index is 1.88. The molecule has 2 aliphatic carbocycles. The van der Waals surface area contributed by atoms with Crippen molar-refractivity contribution in [3.05, 3.63) is 0 Å². The maximum atomic E-state index is 11.8. The fourth-order valence-corrected chi connectivity index (χ4v) is 4.96. The van der Waals surface area contributed by atoms with Gasteiger partial charge in [-0.1, -0.05) is 0 Å². The average Bonchev–Trinajstić information content (AvgIpc) is 2.69. The van der Waals surface area contributed by atoms with Crippen LogP contribution in [0.25, 0.3) is 0 Å². The predicted octanol–water partition coefficient (Wildman–Crippen LogP) is 0.378. The lowest BCUT2D eigenvalue weighted by molar-refractivity contribution is -0.148. The first-order valence-corrected chi connectivity index (χ1v) is 5.76. The molecule has 14 heavy (non-hydrogen) atoms. The van der Waals surface area contributed by atoms with Crippen LogP contribution < -0.4 is 0 Å². The SMILES string of the molecule is O=C1[C@H](O)[C@@H]2CC[C@H]3CC[C@@H]4CN1C342. The van der Waals surface area contributed by atoms with Gasteiger partial charge in [0.15, 0.2) is 0 Å². The molecule has 4 aliphatic rings. The Bertz CT molecular complexity index is 329. The number of carbonyl (C=O) groups excluding carboxylic acids is 1. The van der Waals surface area contributed by atoms with E-state index in [0.717, 1.165) is 18.9 Å². The topological polar surface area (TPSA) is 40.5 Å². The quantitative estimate of drug-likeness (QED) is 0.604. The van der Waals surface area contributed by atoms with E-state index in [-0.39, 0.29) is 17.4 Å². The lowest BCUT2D eigenvalue weighted by atomic mass is 9.70. The van der Waals surface area contributed by atoms with Crippen LogP contribution in [0.3, 0.4) is 0 Å². The van der Waals surface area contributed by atoms with Crippen LogP contribution in [0.4, 0.5) is 0 Å². The molecule has 0 aromatic rings. The van der Waals surface area contributed by atoms with Crippen LogP contribution in [0.5, 0.6) is 0 Å². The minimum atomic E-state index is -0.664. The largest absolute Gasteiger partial charge is 0.383 e. The third kappa shape index (κ3) is 0.509. The average molecular weight is 193 g/mol. The second kappa shape index (κ2) is 2.01. The van der Waals surface area contributed by atoms with Gasteiger partial charge in [-0.2, -0.15) is 0 Å². The lowest BCUT2D eigenvalue weighted by Gasteiger charge is -2.54. The van der Waals surface area contributed by atoms with Gasteiger partial charge >= 0.3 is 0 Å². The summed E-state index contributed by atoms with van der Waals surface area (Å²) in [7, 11) is 0. The molecule has 5 atom stereocenters. The third-order valence-corrected chi connectivity index (χ3v) is 5.36. The van der Waals surface area contributed by atoms with Crippen molar-refractivity contribution in [3.63, 3.8) is 0 Å². The summed E-state index contributed by atoms with van der Waals surface area (Å²) in [6.07, 6.45) is 4.23. The van der Waals surface area contributed by atoms with E-state index in [0.29, 0.717) is 5.92 Å². The van der Waals surface area contributed by atoms with Crippen molar-refractivity contribution >= 4 is 5.91 Å². The third-order valence-electron chi connectivity index (χ3n) is 5.36. The number of aliphatic hydroxyl groups is 1. The number of aliphatic hydroxyl groups excluding tert-OH is 1. The highest BCUT2D eigenvalue weighted by Crippen LogP contribution is 2.66. The Morgan fingerprint density at radius 2 is 1.93 bits per heavy atom. The Morgan fingerprint density at radius 3 is 2.79 bits per heavy atom. The predicted molar refractivity (Wildman–Crippen MR) is 49.4 cm³/mol. The number of hydrogen-bond donors (Lipinski definition) is 1. The van der Waals surface area contributed by atoms with Gasteiger partial charge in [-0.3, -0.25) is 4.79 Å². The Hall–Kier alpha value is -0.570. The molecule has 3 heteroatoms. The number of amides is 1. The molecule has 2 heterocycles. The normalized spacial score (nSPS) is 58.6. The summed E-state index contributed by atoms with van der Waals surface area (Å²) in [6, 6.07) is 0. The van der Waals surface area contributed by atoms with Crippen molar-refractivity contribution in [1.29, 1.82) is 0 Å². The zero-order valence-electron chi connectivity index (χ0n) is 8.15. The van der Waals surface area contributed by atoms with Gasteiger partial charge < -0.3 is 10.0 Å². The van der Waals surface area contributed by atoms with E-state index in [1.54, 1.807) is 0 Å². The van der Waals surface area contributed by atoms with Crippen molar-refractivity contribution in [2.75, 3.05) is 6.54 Å². The molecule has 4 rings (SSSR count). The van der Waals surface area contributed by atoms with Gasteiger partial charge in [0.2, 0.25) is 0 Å². The summed E-state index contributed by atoms with van der Waals surface area (Å²) >= 11 is 0. The van der Waals surface area contributed by atoms with Crippen LogP contribution >= 0.6 is 0 Å². The van der Waals surface area contributed by atoms with Crippen LogP contribution in [-0.4, -0.2) is 34.1 Å². The Labute approximate surface area is 83.1 Å².